The van der Waals surface area contributed by atoms with Gasteiger partial charge < -0.3 is 19.9 Å². The second kappa shape index (κ2) is 7.91. The second-order valence-electron chi connectivity index (χ2n) is 6.76. The first-order chi connectivity index (χ1) is 14.1. The maximum Gasteiger partial charge on any atom is 0.200 e. The van der Waals surface area contributed by atoms with Gasteiger partial charge in [-0.05, 0) is 35.4 Å². The summed E-state index contributed by atoms with van der Waals surface area (Å²) in [5.74, 6) is 0.798. The fraction of sp³-hybridized carbons (Fsp3) is 0.300. The predicted octanol–water partition coefficient (Wildman–Crippen LogP) is 2.46. The van der Waals surface area contributed by atoms with Gasteiger partial charge in [0.25, 0.3) is 0 Å². The van der Waals surface area contributed by atoms with E-state index in [0.29, 0.717) is 17.1 Å². The van der Waals surface area contributed by atoms with E-state index in [2.05, 4.69) is 37.8 Å². The van der Waals surface area contributed by atoms with E-state index in [9.17, 15) is 5.26 Å². The van der Waals surface area contributed by atoms with Crippen molar-refractivity contribution in [2.45, 2.75) is 18.2 Å². The molecule has 150 valence electrons. The molecule has 9 heteroatoms. The Balaban J connectivity index is 1.88. The molecule has 8 nitrogen and oxygen atoms in total. The number of hydrazine groups is 1. The van der Waals surface area contributed by atoms with Crippen LogP contribution in [-0.2, 0) is 4.74 Å². The van der Waals surface area contributed by atoms with Gasteiger partial charge in [0.05, 0.1) is 25.8 Å². The molecule has 4 atom stereocenters. The Morgan fingerprint density at radius 2 is 1.86 bits per heavy atom. The molecule has 4 rings (SSSR count). The topological polar surface area (TPSA) is 114 Å². The lowest BCUT2D eigenvalue weighted by atomic mass is 9.74. The molecule has 0 amide bonds. The average molecular weight is 458 g/mol. The Morgan fingerprint density at radius 1 is 1.17 bits per heavy atom. The minimum Gasteiger partial charge on any atom is -0.493 e. The van der Waals surface area contributed by atoms with E-state index in [-0.39, 0.29) is 23.8 Å². The van der Waals surface area contributed by atoms with Crippen molar-refractivity contribution in [2.24, 2.45) is 11.7 Å². The molecule has 1 fully saturated rings. The molecular weight excluding hydrogens is 438 g/mol. The summed E-state index contributed by atoms with van der Waals surface area (Å²) in [7, 11) is 3.16. The van der Waals surface area contributed by atoms with E-state index in [1.54, 1.807) is 26.6 Å². The normalized spacial score (nSPS) is 25.7. The third-order valence-corrected chi connectivity index (χ3v) is 6.04. The number of nitrogens with one attached hydrogen (secondary N) is 2. The third-order valence-electron chi connectivity index (χ3n) is 5.35. The summed E-state index contributed by atoms with van der Waals surface area (Å²) in [6.07, 6.45) is 3.07. The Kier molecular flexibility index (Phi) is 5.32. The van der Waals surface area contributed by atoms with Crippen molar-refractivity contribution in [1.82, 2.24) is 15.8 Å². The van der Waals surface area contributed by atoms with Crippen LogP contribution >= 0.6 is 15.9 Å². The molecule has 2 aliphatic rings. The predicted molar refractivity (Wildman–Crippen MR) is 108 cm³/mol. The molecule has 1 aromatic carbocycles. The summed E-state index contributed by atoms with van der Waals surface area (Å²) in [5.41, 5.74) is 14.8. The number of methoxy groups -OCH3 is 2. The van der Waals surface area contributed by atoms with Crippen LogP contribution in [0.15, 0.2) is 52.6 Å². The van der Waals surface area contributed by atoms with Crippen LogP contribution in [0.1, 0.15) is 23.1 Å². The zero-order valence-corrected chi connectivity index (χ0v) is 17.4. The first-order valence-corrected chi connectivity index (χ1v) is 9.77. The van der Waals surface area contributed by atoms with Crippen LogP contribution in [0.5, 0.6) is 11.5 Å². The summed E-state index contributed by atoms with van der Waals surface area (Å²) in [6.45, 7) is 0. The second-order valence-corrected chi connectivity index (χ2v) is 7.61. The summed E-state index contributed by atoms with van der Waals surface area (Å²) in [4.78, 5) is 4.10. The minimum atomic E-state index is -0.407. The molecule has 0 radical (unpaired) electrons. The molecule has 1 aromatic heterocycles. The van der Waals surface area contributed by atoms with Crippen molar-refractivity contribution in [3.8, 4) is 17.6 Å². The zero-order chi connectivity index (χ0) is 20.5. The molecule has 4 unspecified atom stereocenters. The van der Waals surface area contributed by atoms with Crippen LogP contribution < -0.4 is 26.1 Å². The van der Waals surface area contributed by atoms with Crippen molar-refractivity contribution >= 4 is 15.9 Å². The molecule has 3 heterocycles. The van der Waals surface area contributed by atoms with Crippen LogP contribution in [0.25, 0.3) is 0 Å². The fourth-order valence-electron chi connectivity index (χ4n) is 4.03. The number of hydrogen-bond donors (Lipinski definition) is 3. The van der Waals surface area contributed by atoms with E-state index >= 15 is 0 Å². The van der Waals surface area contributed by atoms with E-state index in [1.807, 2.05) is 24.3 Å². The monoisotopic (exact) mass is 457 g/mol. The molecule has 0 spiro atoms. The largest absolute Gasteiger partial charge is 0.493 e. The minimum absolute atomic E-state index is 0.116. The van der Waals surface area contributed by atoms with Crippen molar-refractivity contribution < 1.29 is 14.2 Å². The Hall–Kier alpha value is -2.80. The Morgan fingerprint density at radius 3 is 2.52 bits per heavy atom. The Bertz CT molecular complexity index is 992. The van der Waals surface area contributed by atoms with Gasteiger partial charge in [-0.15, -0.1) is 0 Å². The molecule has 2 aromatic rings. The van der Waals surface area contributed by atoms with Crippen LogP contribution in [0.2, 0.25) is 0 Å². The third kappa shape index (κ3) is 3.29. The van der Waals surface area contributed by atoms with Gasteiger partial charge >= 0.3 is 0 Å². The number of pyridine rings is 1. The van der Waals surface area contributed by atoms with Gasteiger partial charge in [0.1, 0.15) is 6.07 Å². The number of benzene rings is 1. The molecule has 0 saturated carbocycles. The number of nitrogens with two attached hydrogens (primary N) is 1. The van der Waals surface area contributed by atoms with Crippen molar-refractivity contribution in [2.75, 3.05) is 14.2 Å². The average Bonchev–Trinajstić information content (AvgIpc) is 3.16. The van der Waals surface area contributed by atoms with Gasteiger partial charge in [-0.1, -0.05) is 15.9 Å². The fourth-order valence-corrected chi connectivity index (χ4v) is 4.60. The van der Waals surface area contributed by atoms with Crippen LogP contribution in [-0.4, -0.2) is 25.4 Å². The molecular formula is C20H20BrN5O3. The molecule has 4 N–H and O–H groups in total. The number of nitrogens with zero attached hydrogens (tertiary/aromatic N) is 2. The standard InChI is InChI=1S/C20H20BrN5O3/c1-27-14-7-11(13(21)8-15(14)28-2)16-12(9-22)19(23)29-20-17(16)18(25-26-20)10-3-5-24-6-4-10/h3-8,16-18,20,25-26H,23H2,1-2H3. The van der Waals surface area contributed by atoms with Gasteiger partial charge in [-0.25, -0.2) is 10.9 Å². The highest BCUT2D eigenvalue weighted by atomic mass is 79.9. The van der Waals surface area contributed by atoms with E-state index in [4.69, 9.17) is 19.9 Å². The van der Waals surface area contributed by atoms with E-state index < -0.39 is 6.23 Å². The van der Waals surface area contributed by atoms with Gasteiger partial charge in [0.2, 0.25) is 5.88 Å². The number of aromatic nitrogens is 1. The number of hydrogen-bond acceptors (Lipinski definition) is 8. The SMILES string of the molecule is COc1cc(Br)c(C2C(C#N)=C(N)OC3NNC(c4ccncc4)C32)cc1OC. The first kappa shape index (κ1) is 19.5. The highest BCUT2D eigenvalue weighted by Crippen LogP contribution is 2.50. The van der Waals surface area contributed by atoms with Crippen LogP contribution in [0, 0.1) is 17.2 Å². The molecule has 0 bridgehead atoms. The highest BCUT2D eigenvalue weighted by Gasteiger charge is 2.49. The van der Waals surface area contributed by atoms with E-state index in [1.165, 1.54) is 0 Å². The summed E-state index contributed by atoms with van der Waals surface area (Å²) in [6, 6.07) is 9.72. The number of rotatable bonds is 4. The first-order valence-electron chi connectivity index (χ1n) is 8.97. The van der Waals surface area contributed by atoms with Crippen LogP contribution in [0.3, 0.4) is 0 Å². The molecule has 29 heavy (non-hydrogen) atoms. The summed E-state index contributed by atoms with van der Waals surface area (Å²) >= 11 is 3.64. The van der Waals surface area contributed by atoms with Crippen LogP contribution in [0.4, 0.5) is 0 Å². The lowest BCUT2D eigenvalue weighted by Crippen LogP contribution is -2.41. The van der Waals surface area contributed by atoms with Gasteiger partial charge in [0.15, 0.2) is 17.7 Å². The number of ether oxygens (including phenoxy) is 3. The molecule has 2 aliphatic heterocycles. The van der Waals surface area contributed by atoms with Crippen molar-refractivity contribution in [3.05, 3.63) is 63.7 Å². The lowest BCUT2D eigenvalue weighted by molar-refractivity contribution is 0.0339. The number of fused-ring (bicyclic) bond motifs is 1. The number of halogens is 1. The summed E-state index contributed by atoms with van der Waals surface area (Å²) < 4.78 is 17.5. The quantitative estimate of drug-likeness (QED) is 0.641. The Labute approximate surface area is 176 Å². The van der Waals surface area contributed by atoms with Gasteiger partial charge in [-0.3, -0.25) is 4.98 Å². The smallest absolute Gasteiger partial charge is 0.200 e. The van der Waals surface area contributed by atoms with Gasteiger partial charge in [0, 0.05) is 28.7 Å². The van der Waals surface area contributed by atoms with E-state index in [0.717, 1.165) is 15.6 Å². The van der Waals surface area contributed by atoms with Crippen molar-refractivity contribution in [3.63, 3.8) is 0 Å². The van der Waals surface area contributed by atoms with Crippen molar-refractivity contribution in [1.29, 1.82) is 5.26 Å². The maximum atomic E-state index is 9.90. The molecule has 0 aliphatic carbocycles. The van der Waals surface area contributed by atoms with Gasteiger partial charge in [-0.2, -0.15) is 5.26 Å². The highest BCUT2D eigenvalue weighted by molar-refractivity contribution is 9.10. The maximum absolute atomic E-state index is 9.90. The summed E-state index contributed by atoms with van der Waals surface area (Å²) in [5, 5.41) is 9.90. The number of nitriles is 1. The lowest BCUT2D eigenvalue weighted by Gasteiger charge is -2.36. The number of allylic oxidation sites excluding steroid dienone is 1. The zero-order valence-electron chi connectivity index (χ0n) is 15.8. The molecule has 1 saturated heterocycles.